The van der Waals surface area contributed by atoms with Gasteiger partial charge in [-0.1, -0.05) is 0 Å². The highest BCUT2D eigenvalue weighted by atomic mass is 32.2. The normalized spacial score (nSPS) is 18.9. The van der Waals surface area contributed by atoms with Crippen molar-refractivity contribution in [2.75, 3.05) is 41.9 Å². The van der Waals surface area contributed by atoms with Crippen molar-refractivity contribution < 1.29 is 21.6 Å². The van der Waals surface area contributed by atoms with Crippen molar-refractivity contribution in [1.29, 1.82) is 0 Å². The van der Waals surface area contributed by atoms with Crippen molar-refractivity contribution in [2.24, 2.45) is 0 Å². The SMILES string of the molecule is CNc1cc(C(F)(F)F)cc(N2CCS(=O)(=O)CC2)n1. The summed E-state index contributed by atoms with van der Waals surface area (Å²) in [5, 5.41) is 2.58. The Labute approximate surface area is 114 Å². The van der Waals surface area contributed by atoms with E-state index in [0.29, 0.717) is 0 Å². The zero-order valence-electron chi connectivity index (χ0n) is 10.7. The smallest absolute Gasteiger partial charge is 0.373 e. The molecular formula is C11H14F3N3O2S. The first-order valence-corrected chi connectivity index (χ1v) is 7.76. The van der Waals surface area contributed by atoms with Crippen LogP contribution in [0.25, 0.3) is 0 Å². The summed E-state index contributed by atoms with van der Waals surface area (Å²) in [5.41, 5.74) is -0.805. The van der Waals surface area contributed by atoms with Gasteiger partial charge in [-0.2, -0.15) is 13.2 Å². The topological polar surface area (TPSA) is 62.3 Å². The predicted octanol–water partition coefficient (Wildman–Crippen LogP) is 1.38. The Bertz CT molecular complexity index is 587. The second kappa shape index (κ2) is 5.12. The van der Waals surface area contributed by atoms with E-state index >= 15 is 0 Å². The second-order valence-corrected chi connectivity index (χ2v) is 6.79. The molecule has 20 heavy (non-hydrogen) atoms. The lowest BCUT2D eigenvalue weighted by atomic mass is 10.2. The molecule has 2 heterocycles. The number of pyridine rings is 1. The lowest BCUT2D eigenvalue weighted by molar-refractivity contribution is -0.137. The Morgan fingerprint density at radius 1 is 1.25 bits per heavy atom. The standard InChI is InChI=1S/C11H14F3N3O2S/c1-15-9-6-8(11(12,13)14)7-10(16-9)17-2-4-20(18,19)5-3-17/h6-7H,2-5H2,1H3,(H,15,16). The summed E-state index contributed by atoms with van der Waals surface area (Å²) in [7, 11) is -1.61. The van der Waals surface area contributed by atoms with Gasteiger partial charge >= 0.3 is 6.18 Å². The van der Waals surface area contributed by atoms with E-state index in [9.17, 15) is 21.6 Å². The van der Waals surface area contributed by atoms with Crippen molar-refractivity contribution in [3.63, 3.8) is 0 Å². The third-order valence-corrected chi connectivity index (χ3v) is 4.67. The number of rotatable bonds is 2. The minimum Gasteiger partial charge on any atom is -0.373 e. The largest absolute Gasteiger partial charge is 0.416 e. The fraction of sp³-hybridized carbons (Fsp3) is 0.545. The van der Waals surface area contributed by atoms with Crippen LogP contribution in [0.4, 0.5) is 24.8 Å². The molecule has 1 aliphatic heterocycles. The number of anilines is 2. The van der Waals surface area contributed by atoms with E-state index in [2.05, 4.69) is 10.3 Å². The predicted molar refractivity (Wildman–Crippen MR) is 69.7 cm³/mol. The van der Waals surface area contributed by atoms with Gasteiger partial charge in [0.25, 0.3) is 0 Å². The van der Waals surface area contributed by atoms with Crippen LogP contribution in [0.3, 0.4) is 0 Å². The summed E-state index contributed by atoms with van der Waals surface area (Å²) in [4.78, 5) is 5.61. The molecule has 1 N–H and O–H groups in total. The highest BCUT2D eigenvalue weighted by Crippen LogP contribution is 2.33. The Morgan fingerprint density at radius 2 is 1.85 bits per heavy atom. The molecule has 112 valence electrons. The first-order valence-electron chi connectivity index (χ1n) is 5.94. The maximum atomic E-state index is 12.8. The number of nitrogens with zero attached hydrogens (tertiary/aromatic N) is 2. The third-order valence-electron chi connectivity index (χ3n) is 3.06. The minimum absolute atomic E-state index is 0.0696. The summed E-state index contributed by atoms with van der Waals surface area (Å²) in [6.45, 7) is 0.305. The first-order chi connectivity index (χ1) is 9.21. The van der Waals surface area contributed by atoms with Crippen molar-refractivity contribution in [3.05, 3.63) is 17.7 Å². The Morgan fingerprint density at radius 3 is 2.35 bits per heavy atom. The van der Waals surface area contributed by atoms with E-state index in [0.717, 1.165) is 12.1 Å². The van der Waals surface area contributed by atoms with Crippen LogP contribution in [-0.4, -0.2) is 45.0 Å². The zero-order chi connectivity index (χ0) is 15.0. The highest BCUT2D eigenvalue weighted by molar-refractivity contribution is 7.91. The van der Waals surface area contributed by atoms with Gasteiger partial charge in [0.1, 0.15) is 11.6 Å². The monoisotopic (exact) mass is 309 g/mol. The average molecular weight is 309 g/mol. The van der Waals surface area contributed by atoms with Crippen LogP contribution < -0.4 is 10.2 Å². The lowest BCUT2D eigenvalue weighted by Gasteiger charge is -2.28. The molecule has 0 atom stereocenters. The van der Waals surface area contributed by atoms with Gasteiger partial charge in [-0.25, -0.2) is 13.4 Å². The van der Waals surface area contributed by atoms with E-state index in [1.807, 2.05) is 0 Å². The average Bonchev–Trinajstić information content (AvgIpc) is 2.37. The number of halogens is 3. The number of alkyl halides is 3. The minimum atomic E-state index is -4.47. The molecule has 1 saturated heterocycles. The maximum absolute atomic E-state index is 12.8. The van der Waals surface area contributed by atoms with Gasteiger partial charge in [0.2, 0.25) is 0 Å². The number of hydrogen-bond acceptors (Lipinski definition) is 5. The molecule has 0 amide bonds. The molecule has 5 nitrogen and oxygen atoms in total. The van der Waals surface area contributed by atoms with Crippen molar-refractivity contribution >= 4 is 21.5 Å². The Kier molecular flexibility index (Phi) is 3.81. The molecular weight excluding hydrogens is 295 g/mol. The van der Waals surface area contributed by atoms with Crippen LogP contribution in [0.2, 0.25) is 0 Å². The third kappa shape index (κ3) is 3.33. The number of hydrogen-bond donors (Lipinski definition) is 1. The van der Waals surface area contributed by atoms with E-state index in [-0.39, 0.29) is 36.2 Å². The highest BCUT2D eigenvalue weighted by Gasteiger charge is 2.33. The van der Waals surface area contributed by atoms with Crippen molar-refractivity contribution in [2.45, 2.75) is 6.18 Å². The molecule has 9 heteroatoms. The van der Waals surface area contributed by atoms with Crippen LogP contribution in [0, 0.1) is 0 Å². The molecule has 0 bridgehead atoms. The van der Waals surface area contributed by atoms with Crippen molar-refractivity contribution in [3.8, 4) is 0 Å². The zero-order valence-corrected chi connectivity index (χ0v) is 11.6. The number of aromatic nitrogens is 1. The van der Waals surface area contributed by atoms with E-state index in [1.54, 1.807) is 4.90 Å². The molecule has 1 aromatic heterocycles. The van der Waals surface area contributed by atoms with Crippen LogP contribution in [0.5, 0.6) is 0 Å². The molecule has 0 spiro atoms. The van der Waals surface area contributed by atoms with Crippen LogP contribution in [0.15, 0.2) is 12.1 Å². The molecule has 0 aliphatic carbocycles. The molecule has 0 saturated carbocycles. The summed E-state index contributed by atoms with van der Waals surface area (Å²) in [5.74, 6) is 0.0990. The quantitative estimate of drug-likeness (QED) is 0.894. The van der Waals surface area contributed by atoms with Crippen LogP contribution >= 0.6 is 0 Å². The molecule has 0 unspecified atom stereocenters. The van der Waals surface area contributed by atoms with Crippen LogP contribution in [-0.2, 0) is 16.0 Å². The van der Waals surface area contributed by atoms with Gasteiger partial charge in [-0.05, 0) is 12.1 Å². The van der Waals surface area contributed by atoms with Crippen molar-refractivity contribution in [1.82, 2.24) is 4.98 Å². The number of nitrogens with one attached hydrogen (secondary N) is 1. The Hall–Kier alpha value is -1.51. The maximum Gasteiger partial charge on any atom is 0.416 e. The van der Waals surface area contributed by atoms with Gasteiger partial charge in [-0.15, -0.1) is 0 Å². The summed E-state index contributed by atoms with van der Waals surface area (Å²) in [6, 6.07) is 1.86. The molecule has 0 aromatic carbocycles. The fourth-order valence-electron chi connectivity index (χ4n) is 1.91. The summed E-state index contributed by atoms with van der Waals surface area (Å²) < 4.78 is 61.1. The first kappa shape index (κ1) is 14.9. The molecule has 2 rings (SSSR count). The number of sulfone groups is 1. The van der Waals surface area contributed by atoms with Gasteiger partial charge in [0, 0.05) is 20.1 Å². The lowest BCUT2D eigenvalue weighted by Crippen LogP contribution is -2.40. The van der Waals surface area contributed by atoms with E-state index in [1.165, 1.54) is 7.05 Å². The fourth-order valence-corrected chi connectivity index (χ4v) is 3.11. The Balaban J connectivity index is 2.32. The van der Waals surface area contributed by atoms with E-state index in [4.69, 9.17) is 0 Å². The van der Waals surface area contributed by atoms with Gasteiger partial charge in [-0.3, -0.25) is 0 Å². The molecule has 1 aliphatic rings. The van der Waals surface area contributed by atoms with Gasteiger partial charge in [0.05, 0.1) is 17.1 Å². The molecule has 1 fully saturated rings. The molecule has 1 aromatic rings. The summed E-state index contributed by atoms with van der Waals surface area (Å²) in [6.07, 6.45) is -4.47. The summed E-state index contributed by atoms with van der Waals surface area (Å²) >= 11 is 0. The van der Waals surface area contributed by atoms with Gasteiger partial charge < -0.3 is 10.2 Å². The second-order valence-electron chi connectivity index (χ2n) is 4.49. The molecule has 0 radical (unpaired) electrons. The van der Waals surface area contributed by atoms with Crippen LogP contribution in [0.1, 0.15) is 5.56 Å². The van der Waals surface area contributed by atoms with Gasteiger partial charge in [0.15, 0.2) is 9.84 Å². The van der Waals surface area contributed by atoms with E-state index < -0.39 is 21.6 Å².